The average molecular weight is 849 g/mol. The minimum atomic E-state index is -2.68. The van der Waals surface area contributed by atoms with Crippen LogP contribution in [0.3, 0.4) is 0 Å². The Morgan fingerprint density at radius 3 is 1.45 bits per heavy atom. The molecular weight excluding hydrogens is 809 g/mol. The second-order valence-electron chi connectivity index (χ2n) is 16.8. The molecule has 0 amide bonds. The number of benzene rings is 10. The lowest BCUT2D eigenvalue weighted by Gasteiger charge is -2.34. The first-order chi connectivity index (χ1) is 31.8. The summed E-state index contributed by atoms with van der Waals surface area (Å²) in [7, 11) is -2.68. The van der Waals surface area contributed by atoms with Crippen LogP contribution in [0.25, 0.3) is 86.3 Å². The molecule has 0 radical (unpaired) electrons. The monoisotopic (exact) mass is 848 g/mol. The molecule has 0 fully saturated rings. The van der Waals surface area contributed by atoms with E-state index in [1.54, 1.807) is 0 Å². The van der Waals surface area contributed by atoms with Gasteiger partial charge in [-0.3, -0.25) is 0 Å². The van der Waals surface area contributed by atoms with Gasteiger partial charge >= 0.3 is 0 Å². The average Bonchev–Trinajstić information content (AvgIpc) is 4.03. The van der Waals surface area contributed by atoms with E-state index in [4.69, 9.17) is 0 Å². The Morgan fingerprint density at radius 1 is 0.297 bits per heavy atom. The highest BCUT2D eigenvalue weighted by Gasteiger charge is 2.41. The van der Waals surface area contributed by atoms with Gasteiger partial charge in [-0.2, -0.15) is 0 Å². The van der Waals surface area contributed by atoms with Crippen molar-refractivity contribution in [2.75, 3.05) is 0 Å². The minimum Gasteiger partial charge on any atom is -0.309 e. The predicted molar refractivity (Wildman–Crippen MR) is 277 cm³/mol. The summed E-state index contributed by atoms with van der Waals surface area (Å²) in [6.45, 7) is 0. The van der Waals surface area contributed by atoms with Gasteiger partial charge in [0.05, 0.1) is 22.1 Å². The third-order valence-corrected chi connectivity index (χ3v) is 19.4. The van der Waals surface area contributed by atoms with Crippen LogP contribution in [0.2, 0.25) is 0 Å². The molecule has 3 aromatic heterocycles. The molecule has 4 heteroatoms. The Balaban J connectivity index is 1.02. The van der Waals surface area contributed by atoms with Gasteiger partial charge in [-0.1, -0.05) is 194 Å². The van der Waals surface area contributed by atoms with Crippen molar-refractivity contribution < 1.29 is 0 Å². The SMILES string of the molecule is c1ccc([Si](c2ccccc2)(c2ccccc2)c2ccc(-n3c4ccccc4c4ccc(-n5c6ccccc6c6cccc(-c7ccc8c(c7)sc7ccccc78)c65)cc43)cc2)cc1. The molecule has 0 aliphatic rings. The Hall–Kier alpha value is -7.76. The largest absolute Gasteiger partial charge is 0.309 e. The number of nitrogens with zero attached hydrogens (tertiary/aromatic N) is 2. The van der Waals surface area contributed by atoms with E-state index in [2.05, 4.69) is 252 Å². The van der Waals surface area contributed by atoms with Crippen molar-refractivity contribution in [1.82, 2.24) is 9.13 Å². The Morgan fingerprint density at radius 2 is 0.781 bits per heavy atom. The number of para-hydroxylation sites is 3. The fourth-order valence-electron chi connectivity index (χ4n) is 10.7. The summed E-state index contributed by atoms with van der Waals surface area (Å²) in [6.07, 6.45) is 0. The Bertz CT molecular complexity index is 3790. The summed E-state index contributed by atoms with van der Waals surface area (Å²) in [6, 6.07) is 90.4. The van der Waals surface area contributed by atoms with Crippen molar-refractivity contribution in [3.63, 3.8) is 0 Å². The number of aromatic nitrogens is 2. The van der Waals surface area contributed by atoms with Crippen LogP contribution < -0.4 is 20.7 Å². The molecule has 3 heterocycles. The molecule has 0 saturated carbocycles. The molecule has 0 unspecified atom stereocenters. The molecule has 0 aliphatic heterocycles. The molecule has 300 valence electrons. The molecule has 2 nitrogen and oxygen atoms in total. The lowest BCUT2D eigenvalue weighted by Crippen LogP contribution is -2.74. The zero-order chi connectivity index (χ0) is 42.2. The van der Waals surface area contributed by atoms with Gasteiger partial charge < -0.3 is 9.13 Å². The van der Waals surface area contributed by atoms with Crippen molar-refractivity contribution in [2.24, 2.45) is 0 Å². The number of fused-ring (bicyclic) bond motifs is 9. The molecule has 13 rings (SSSR count). The zero-order valence-electron chi connectivity index (χ0n) is 34.9. The van der Waals surface area contributed by atoms with E-state index in [9.17, 15) is 0 Å². The van der Waals surface area contributed by atoms with E-state index in [-0.39, 0.29) is 0 Å². The maximum absolute atomic E-state index is 2.68. The van der Waals surface area contributed by atoms with E-state index in [0.717, 1.165) is 11.4 Å². The van der Waals surface area contributed by atoms with Crippen LogP contribution in [-0.4, -0.2) is 17.2 Å². The first-order valence-electron chi connectivity index (χ1n) is 22.0. The normalized spacial score (nSPS) is 12.1. The Labute approximate surface area is 376 Å². The highest BCUT2D eigenvalue weighted by atomic mass is 32.1. The van der Waals surface area contributed by atoms with Crippen LogP contribution >= 0.6 is 11.3 Å². The molecule has 10 aromatic carbocycles. The van der Waals surface area contributed by atoms with Gasteiger partial charge in [0.15, 0.2) is 8.07 Å². The third-order valence-electron chi connectivity index (χ3n) is 13.5. The van der Waals surface area contributed by atoms with E-state index in [1.807, 2.05) is 11.3 Å². The second-order valence-corrected chi connectivity index (χ2v) is 21.7. The van der Waals surface area contributed by atoms with Crippen LogP contribution in [0, 0.1) is 0 Å². The molecule has 0 aliphatic carbocycles. The van der Waals surface area contributed by atoms with Crippen LogP contribution in [0.1, 0.15) is 0 Å². The molecule has 13 aromatic rings. The van der Waals surface area contributed by atoms with Gasteiger partial charge in [0, 0.05) is 58.7 Å². The van der Waals surface area contributed by atoms with Crippen LogP contribution in [0.4, 0.5) is 0 Å². The smallest absolute Gasteiger partial charge is 0.179 e. The summed E-state index contributed by atoms with van der Waals surface area (Å²) in [4.78, 5) is 0. The van der Waals surface area contributed by atoms with Gasteiger partial charge in [-0.05, 0) is 74.8 Å². The molecule has 64 heavy (non-hydrogen) atoms. The van der Waals surface area contributed by atoms with Crippen molar-refractivity contribution >= 4 is 104 Å². The van der Waals surface area contributed by atoms with Gasteiger partial charge in [0.25, 0.3) is 0 Å². The molecule has 0 N–H and O–H groups in total. The second kappa shape index (κ2) is 14.7. The lowest BCUT2D eigenvalue weighted by atomic mass is 10.0. The fraction of sp³-hybridized carbons (Fsp3) is 0. The fourth-order valence-corrected chi connectivity index (χ4v) is 16.6. The first-order valence-corrected chi connectivity index (χ1v) is 24.8. The van der Waals surface area contributed by atoms with Crippen molar-refractivity contribution in [2.45, 2.75) is 0 Å². The summed E-state index contributed by atoms with van der Waals surface area (Å²) >= 11 is 1.88. The zero-order valence-corrected chi connectivity index (χ0v) is 36.7. The Kier molecular flexibility index (Phi) is 8.45. The van der Waals surface area contributed by atoms with E-state index in [0.29, 0.717) is 0 Å². The van der Waals surface area contributed by atoms with Crippen molar-refractivity contribution in [1.29, 1.82) is 0 Å². The van der Waals surface area contributed by atoms with Crippen LogP contribution in [0.5, 0.6) is 0 Å². The number of thiophene rings is 1. The molecule has 0 atom stereocenters. The maximum Gasteiger partial charge on any atom is 0.179 e. The van der Waals surface area contributed by atoms with E-state index >= 15 is 0 Å². The molecular formula is C60H40N2SSi. The molecule has 0 saturated heterocycles. The lowest BCUT2D eigenvalue weighted by molar-refractivity contribution is 1.16. The molecule has 0 bridgehead atoms. The first kappa shape index (κ1) is 36.9. The number of hydrogen-bond acceptors (Lipinski definition) is 1. The van der Waals surface area contributed by atoms with Crippen LogP contribution in [-0.2, 0) is 0 Å². The summed E-state index contributed by atoms with van der Waals surface area (Å²) in [5, 5.41) is 13.1. The third kappa shape index (κ3) is 5.50. The topological polar surface area (TPSA) is 9.86 Å². The highest BCUT2D eigenvalue weighted by molar-refractivity contribution is 7.25. The van der Waals surface area contributed by atoms with Gasteiger partial charge in [-0.15, -0.1) is 11.3 Å². The quantitative estimate of drug-likeness (QED) is 0.112. The van der Waals surface area contributed by atoms with Crippen molar-refractivity contribution in [3.05, 3.63) is 243 Å². The summed E-state index contributed by atoms with van der Waals surface area (Å²) < 4.78 is 7.61. The van der Waals surface area contributed by atoms with E-state index < -0.39 is 8.07 Å². The van der Waals surface area contributed by atoms with Crippen molar-refractivity contribution in [3.8, 4) is 22.5 Å². The van der Waals surface area contributed by atoms with Crippen LogP contribution in [0.15, 0.2) is 243 Å². The summed E-state index contributed by atoms with van der Waals surface area (Å²) in [5.41, 5.74) is 9.53. The van der Waals surface area contributed by atoms with Gasteiger partial charge in [-0.25, -0.2) is 0 Å². The van der Waals surface area contributed by atoms with E-state index in [1.165, 1.54) is 95.7 Å². The standard InChI is InChI=1S/C60H40N2SSi/c1-4-17-44(18-5-1)64(45-19-6-2-7-20-45,46-21-8-3-9-22-46)47-35-32-42(33-36-47)61-55-28-13-10-23-49(55)51-38-34-43(40-57(51)61)62-56-29-14-11-24-50(56)54-27-16-26-48(60(54)62)41-31-37-53-52-25-12-15-30-58(52)63-59(53)39-41/h1-40H. The number of hydrogen-bond donors (Lipinski definition) is 0. The van der Waals surface area contributed by atoms with Gasteiger partial charge in [0.1, 0.15) is 0 Å². The summed E-state index contributed by atoms with van der Waals surface area (Å²) in [5.74, 6) is 0. The predicted octanol–water partition coefficient (Wildman–Crippen LogP) is 13.3. The number of rotatable bonds is 7. The maximum atomic E-state index is 2.50. The van der Waals surface area contributed by atoms with Gasteiger partial charge in [0.2, 0.25) is 0 Å². The molecule has 0 spiro atoms. The highest BCUT2D eigenvalue weighted by Crippen LogP contribution is 2.42. The minimum absolute atomic E-state index is 1.14.